The van der Waals surface area contributed by atoms with Gasteiger partial charge in [-0.3, -0.25) is 14.4 Å². The minimum absolute atomic E-state index is 0.135. The number of rotatable bonds is 6. The Morgan fingerprint density at radius 2 is 1.63 bits per heavy atom. The second-order valence-corrected chi connectivity index (χ2v) is 8.45. The van der Waals surface area contributed by atoms with Gasteiger partial charge < -0.3 is 9.47 Å². The third-order valence-corrected chi connectivity index (χ3v) is 6.03. The Balaban J connectivity index is 1.37. The Morgan fingerprint density at radius 1 is 0.967 bits per heavy atom. The van der Waals surface area contributed by atoms with Gasteiger partial charge in [0.25, 0.3) is 0 Å². The zero-order valence-corrected chi connectivity index (χ0v) is 17.4. The van der Waals surface area contributed by atoms with E-state index in [4.69, 9.17) is 9.47 Å². The molecule has 1 heterocycles. The van der Waals surface area contributed by atoms with Crippen molar-refractivity contribution in [3.63, 3.8) is 0 Å². The number of aryl methyl sites for hydroxylation is 1. The predicted octanol–water partition coefficient (Wildman–Crippen LogP) is 4.37. The third kappa shape index (κ3) is 4.16. The molecule has 2 aromatic rings. The van der Waals surface area contributed by atoms with E-state index in [2.05, 4.69) is 26.0 Å². The smallest absolute Gasteiger partial charge is 0.231 e. The first kappa shape index (κ1) is 20.3. The third-order valence-electron chi connectivity index (χ3n) is 6.03. The van der Waals surface area contributed by atoms with Crippen LogP contribution in [0.1, 0.15) is 61.6 Å². The minimum atomic E-state index is -1.11. The first-order valence-corrected chi connectivity index (χ1v) is 10.5. The molecule has 0 spiro atoms. The van der Waals surface area contributed by atoms with E-state index < -0.39 is 5.92 Å². The van der Waals surface area contributed by atoms with Gasteiger partial charge >= 0.3 is 0 Å². The molecule has 2 aliphatic rings. The molecule has 0 unspecified atom stereocenters. The SMILES string of the molecule is CC(C)c1ccc(C2CC(=O)C(C(=O)CCc3ccc4c(c3)OCO4)C(=O)C2)cc1. The van der Waals surface area contributed by atoms with Crippen molar-refractivity contribution >= 4 is 17.3 Å². The average molecular weight is 406 g/mol. The topological polar surface area (TPSA) is 69.7 Å². The Labute approximate surface area is 176 Å². The van der Waals surface area contributed by atoms with E-state index in [-0.39, 0.29) is 49.3 Å². The van der Waals surface area contributed by atoms with Crippen LogP contribution in [0.15, 0.2) is 42.5 Å². The van der Waals surface area contributed by atoms with Crippen LogP contribution >= 0.6 is 0 Å². The lowest BCUT2D eigenvalue weighted by atomic mass is 9.74. The van der Waals surface area contributed by atoms with E-state index in [0.717, 1.165) is 11.1 Å². The number of fused-ring (bicyclic) bond motifs is 1. The van der Waals surface area contributed by atoms with E-state index in [1.807, 2.05) is 30.3 Å². The first-order chi connectivity index (χ1) is 14.4. The zero-order chi connectivity index (χ0) is 21.3. The van der Waals surface area contributed by atoms with Crippen molar-refractivity contribution in [3.8, 4) is 11.5 Å². The lowest BCUT2D eigenvalue weighted by Crippen LogP contribution is -2.38. The molecule has 5 nitrogen and oxygen atoms in total. The Morgan fingerprint density at radius 3 is 2.30 bits per heavy atom. The van der Waals surface area contributed by atoms with Crippen molar-refractivity contribution in [2.24, 2.45) is 5.92 Å². The Kier molecular flexibility index (Phi) is 5.71. The number of ketones is 3. The standard InChI is InChI=1S/C25H26O5/c1-15(2)17-5-7-18(8-6-17)19-12-21(27)25(22(28)13-19)20(26)9-3-16-4-10-23-24(11-16)30-14-29-23/h4-8,10-11,15,19,25H,3,9,12-14H2,1-2H3. The van der Waals surface area contributed by atoms with Crippen molar-refractivity contribution in [1.82, 2.24) is 0 Å². The van der Waals surface area contributed by atoms with Crippen LogP contribution in [-0.4, -0.2) is 24.1 Å². The van der Waals surface area contributed by atoms with Gasteiger partial charge in [-0.2, -0.15) is 0 Å². The zero-order valence-electron chi connectivity index (χ0n) is 17.4. The van der Waals surface area contributed by atoms with Crippen LogP contribution in [0, 0.1) is 5.92 Å². The van der Waals surface area contributed by atoms with Gasteiger partial charge in [0.1, 0.15) is 5.92 Å². The monoisotopic (exact) mass is 406 g/mol. The summed E-state index contributed by atoms with van der Waals surface area (Å²) in [6, 6.07) is 13.6. The number of carbonyl (C=O) groups excluding carboxylic acids is 3. The maximum absolute atomic E-state index is 12.7. The maximum atomic E-state index is 12.7. The summed E-state index contributed by atoms with van der Waals surface area (Å²) in [7, 11) is 0. The van der Waals surface area contributed by atoms with Gasteiger partial charge in [0, 0.05) is 19.3 Å². The maximum Gasteiger partial charge on any atom is 0.231 e. The number of hydrogen-bond donors (Lipinski definition) is 0. The molecule has 0 saturated heterocycles. The van der Waals surface area contributed by atoms with Crippen LogP contribution < -0.4 is 9.47 Å². The van der Waals surface area contributed by atoms with Gasteiger partial charge in [0.2, 0.25) is 6.79 Å². The summed E-state index contributed by atoms with van der Waals surface area (Å²) in [6.45, 7) is 4.45. The number of ether oxygens (including phenoxy) is 2. The summed E-state index contributed by atoms with van der Waals surface area (Å²) in [6.07, 6.45) is 1.11. The summed E-state index contributed by atoms with van der Waals surface area (Å²) in [5.74, 6) is -0.239. The van der Waals surface area contributed by atoms with Crippen molar-refractivity contribution in [1.29, 1.82) is 0 Å². The van der Waals surface area contributed by atoms with Gasteiger partial charge in [0.15, 0.2) is 28.8 Å². The van der Waals surface area contributed by atoms with E-state index in [0.29, 0.717) is 23.8 Å². The molecular weight excluding hydrogens is 380 g/mol. The summed E-state index contributed by atoms with van der Waals surface area (Å²) in [4.78, 5) is 38.1. The molecule has 0 atom stereocenters. The molecule has 1 fully saturated rings. The number of benzene rings is 2. The molecule has 0 radical (unpaired) electrons. The van der Waals surface area contributed by atoms with E-state index >= 15 is 0 Å². The molecule has 4 rings (SSSR count). The van der Waals surface area contributed by atoms with Crippen molar-refractivity contribution in [2.75, 3.05) is 6.79 Å². The molecule has 1 aliphatic heterocycles. The highest BCUT2D eigenvalue weighted by molar-refractivity contribution is 6.21. The summed E-state index contributed by atoms with van der Waals surface area (Å²) in [5, 5.41) is 0. The molecule has 156 valence electrons. The molecule has 1 saturated carbocycles. The number of Topliss-reactive ketones (excluding diaryl/α,β-unsaturated/α-hetero) is 3. The molecule has 2 aromatic carbocycles. The Bertz CT molecular complexity index is 956. The van der Waals surface area contributed by atoms with E-state index in [1.54, 1.807) is 0 Å². The summed E-state index contributed by atoms with van der Waals surface area (Å²) >= 11 is 0. The van der Waals surface area contributed by atoms with Gasteiger partial charge in [-0.05, 0) is 47.1 Å². The fourth-order valence-corrected chi connectivity index (χ4v) is 4.23. The van der Waals surface area contributed by atoms with E-state index in [9.17, 15) is 14.4 Å². The second kappa shape index (κ2) is 8.42. The molecule has 0 amide bonds. The lowest BCUT2D eigenvalue weighted by Gasteiger charge is -2.26. The molecular formula is C25H26O5. The van der Waals surface area contributed by atoms with Gasteiger partial charge in [-0.15, -0.1) is 0 Å². The van der Waals surface area contributed by atoms with Crippen LogP contribution in [0.5, 0.6) is 11.5 Å². The molecule has 5 heteroatoms. The second-order valence-electron chi connectivity index (χ2n) is 8.45. The average Bonchev–Trinajstić information content (AvgIpc) is 3.19. The Hall–Kier alpha value is -2.95. The normalized spacial score (nSPS) is 20.6. The number of hydrogen-bond acceptors (Lipinski definition) is 5. The quantitative estimate of drug-likeness (QED) is 0.666. The minimum Gasteiger partial charge on any atom is -0.454 e. The fourth-order valence-electron chi connectivity index (χ4n) is 4.23. The number of carbonyl (C=O) groups is 3. The largest absolute Gasteiger partial charge is 0.454 e. The van der Waals surface area contributed by atoms with Gasteiger partial charge in [-0.25, -0.2) is 0 Å². The summed E-state index contributed by atoms with van der Waals surface area (Å²) < 4.78 is 10.6. The van der Waals surface area contributed by atoms with Crippen molar-refractivity contribution < 1.29 is 23.9 Å². The van der Waals surface area contributed by atoms with Crippen LogP contribution in [0.4, 0.5) is 0 Å². The van der Waals surface area contributed by atoms with Gasteiger partial charge in [0.05, 0.1) is 0 Å². The highest BCUT2D eigenvalue weighted by Crippen LogP contribution is 2.35. The van der Waals surface area contributed by atoms with Crippen molar-refractivity contribution in [2.45, 2.75) is 51.4 Å². The van der Waals surface area contributed by atoms with Gasteiger partial charge in [-0.1, -0.05) is 44.2 Å². The fraction of sp³-hybridized carbons (Fsp3) is 0.400. The molecule has 0 aromatic heterocycles. The van der Waals surface area contributed by atoms with Crippen LogP contribution in [0.2, 0.25) is 0 Å². The van der Waals surface area contributed by atoms with Crippen LogP contribution in [-0.2, 0) is 20.8 Å². The van der Waals surface area contributed by atoms with Crippen molar-refractivity contribution in [3.05, 3.63) is 59.2 Å². The molecule has 0 bridgehead atoms. The first-order valence-electron chi connectivity index (χ1n) is 10.5. The molecule has 1 aliphatic carbocycles. The highest BCUT2D eigenvalue weighted by atomic mass is 16.7. The predicted molar refractivity (Wildman–Crippen MR) is 112 cm³/mol. The van der Waals surface area contributed by atoms with Crippen LogP contribution in [0.25, 0.3) is 0 Å². The van der Waals surface area contributed by atoms with Crippen LogP contribution in [0.3, 0.4) is 0 Å². The summed E-state index contributed by atoms with van der Waals surface area (Å²) in [5.41, 5.74) is 3.14. The lowest BCUT2D eigenvalue weighted by molar-refractivity contribution is -0.142. The highest BCUT2D eigenvalue weighted by Gasteiger charge is 2.40. The molecule has 0 N–H and O–H groups in total. The molecule has 30 heavy (non-hydrogen) atoms. The van der Waals surface area contributed by atoms with E-state index in [1.165, 1.54) is 5.56 Å².